The third kappa shape index (κ3) is 2.43. The summed E-state index contributed by atoms with van der Waals surface area (Å²) in [5.74, 6) is 0.313. The van der Waals surface area contributed by atoms with E-state index in [1.165, 1.54) is 5.56 Å². The van der Waals surface area contributed by atoms with E-state index in [9.17, 15) is 4.79 Å². The summed E-state index contributed by atoms with van der Waals surface area (Å²) in [5.41, 5.74) is 7.38. The van der Waals surface area contributed by atoms with E-state index in [1.807, 2.05) is 24.1 Å². The summed E-state index contributed by atoms with van der Waals surface area (Å²) < 4.78 is 0. The van der Waals surface area contributed by atoms with Gasteiger partial charge >= 0.3 is 0 Å². The Morgan fingerprint density at radius 2 is 2.30 bits per heavy atom. The third-order valence-electron chi connectivity index (χ3n) is 4.44. The van der Waals surface area contributed by atoms with Crippen LogP contribution in [0.4, 0.5) is 0 Å². The fourth-order valence-electron chi connectivity index (χ4n) is 3.54. The summed E-state index contributed by atoms with van der Waals surface area (Å²) in [6.07, 6.45) is 5.37. The Balaban J connectivity index is 1.78. The number of nitrogens with two attached hydrogens (primary N) is 1. The quantitative estimate of drug-likeness (QED) is 0.884. The van der Waals surface area contributed by atoms with Gasteiger partial charge in [-0.2, -0.15) is 0 Å². The highest BCUT2D eigenvalue weighted by Crippen LogP contribution is 2.29. The van der Waals surface area contributed by atoms with Crippen molar-refractivity contribution in [2.45, 2.75) is 37.9 Å². The summed E-state index contributed by atoms with van der Waals surface area (Å²) in [5, 5.41) is 0. The Labute approximate surface area is 119 Å². The molecular weight excluding hydrogens is 252 g/mol. The maximum Gasteiger partial charge on any atom is 0.222 e. The number of fused-ring (bicyclic) bond motifs is 1. The number of carbonyl (C=O) groups is 1. The van der Waals surface area contributed by atoms with E-state index in [-0.39, 0.29) is 12.1 Å². The van der Waals surface area contributed by atoms with Gasteiger partial charge in [-0.15, -0.1) is 0 Å². The average Bonchev–Trinajstić information content (AvgIpc) is 2.81. The molecule has 0 aromatic carbocycles. The van der Waals surface area contributed by atoms with Crippen LogP contribution in [0, 0.1) is 0 Å². The molecule has 3 heterocycles. The van der Waals surface area contributed by atoms with E-state index < -0.39 is 0 Å². The van der Waals surface area contributed by atoms with Crippen LogP contribution in [0.5, 0.6) is 0 Å². The number of aromatic nitrogens is 1. The Bertz CT molecular complexity index is 476. The zero-order chi connectivity index (χ0) is 14.1. The second-order valence-electron chi connectivity index (χ2n) is 5.86. The lowest BCUT2D eigenvalue weighted by Gasteiger charge is -2.43. The zero-order valence-electron chi connectivity index (χ0n) is 11.9. The van der Waals surface area contributed by atoms with Gasteiger partial charge in [-0.1, -0.05) is 6.07 Å². The predicted molar refractivity (Wildman–Crippen MR) is 76.9 cm³/mol. The van der Waals surface area contributed by atoms with Gasteiger partial charge in [-0.25, -0.2) is 0 Å². The molecule has 2 N–H and O–H groups in total. The Morgan fingerprint density at radius 1 is 1.45 bits per heavy atom. The number of rotatable bonds is 3. The van der Waals surface area contributed by atoms with Gasteiger partial charge in [-0.05, 0) is 25.0 Å². The van der Waals surface area contributed by atoms with Crippen LogP contribution in [0.1, 0.15) is 31.4 Å². The largest absolute Gasteiger partial charge is 0.337 e. The molecule has 3 rings (SSSR count). The molecule has 20 heavy (non-hydrogen) atoms. The molecule has 5 heteroatoms. The normalized spacial score (nSPS) is 26.4. The molecule has 0 radical (unpaired) electrons. The average molecular weight is 274 g/mol. The first-order chi connectivity index (χ1) is 9.66. The smallest absolute Gasteiger partial charge is 0.222 e. The second-order valence-corrected chi connectivity index (χ2v) is 5.86. The number of piperazine rings is 1. The molecule has 0 aliphatic carbocycles. The van der Waals surface area contributed by atoms with Crippen molar-refractivity contribution in [1.29, 1.82) is 0 Å². The third-order valence-corrected chi connectivity index (χ3v) is 4.44. The van der Waals surface area contributed by atoms with Gasteiger partial charge < -0.3 is 10.6 Å². The van der Waals surface area contributed by atoms with Gasteiger partial charge in [0.1, 0.15) is 0 Å². The molecule has 108 valence electrons. The van der Waals surface area contributed by atoms with E-state index in [0.717, 1.165) is 26.1 Å². The van der Waals surface area contributed by atoms with Crippen molar-refractivity contribution < 1.29 is 4.79 Å². The van der Waals surface area contributed by atoms with Crippen molar-refractivity contribution in [3.05, 3.63) is 30.1 Å². The monoisotopic (exact) mass is 274 g/mol. The first kappa shape index (κ1) is 13.5. The number of nitrogens with zero attached hydrogens (tertiary/aromatic N) is 3. The van der Waals surface area contributed by atoms with Crippen LogP contribution in [0.15, 0.2) is 24.5 Å². The molecule has 1 aromatic rings. The SMILES string of the molecule is CC(N)C(c1cccnc1)N1CCN2C(=O)CCC2C1. The molecule has 0 bridgehead atoms. The van der Waals surface area contributed by atoms with Crippen LogP contribution in [-0.4, -0.2) is 52.4 Å². The topological polar surface area (TPSA) is 62.5 Å². The number of hydrogen-bond donors (Lipinski definition) is 1. The molecule has 0 saturated carbocycles. The lowest BCUT2D eigenvalue weighted by molar-refractivity contribution is -0.131. The maximum atomic E-state index is 11.8. The van der Waals surface area contributed by atoms with Crippen molar-refractivity contribution in [3.63, 3.8) is 0 Å². The summed E-state index contributed by atoms with van der Waals surface area (Å²) >= 11 is 0. The highest BCUT2D eigenvalue weighted by molar-refractivity contribution is 5.78. The van der Waals surface area contributed by atoms with E-state index >= 15 is 0 Å². The highest BCUT2D eigenvalue weighted by Gasteiger charge is 2.38. The Morgan fingerprint density at radius 3 is 3.00 bits per heavy atom. The summed E-state index contributed by atoms with van der Waals surface area (Å²) in [7, 11) is 0. The summed E-state index contributed by atoms with van der Waals surface area (Å²) in [4.78, 5) is 20.4. The van der Waals surface area contributed by atoms with Gasteiger partial charge in [0, 0.05) is 50.5 Å². The molecule has 3 unspecified atom stereocenters. The fraction of sp³-hybridized carbons (Fsp3) is 0.600. The zero-order valence-corrected chi connectivity index (χ0v) is 11.9. The van der Waals surface area contributed by atoms with Gasteiger partial charge in [-0.3, -0.25) is 14.7 Å². The van der Waals surface area contributed by atoms with Gasteiger partial charge in [0.05, 0.1) is 6.04 Å². The van der Waals surface area contributed by atoms with E-state index in [4.69, 9.17) is 5.73 Å². The standard InChI is InChI=1S/C15H22N4O/c1-11(16)15(12-3-2-6-17-9-12)18-7-8-19-13(10-18)4-5-14(19)20/h2-3,6,9,11,13,15H,4-5,7-8,10,16H2,1H3. The molecule has 2 aliphatic heterocycles. The molecule has 2 saturated heterocycles. The lowest BCUT2D eigenvalue weighted by atomic mass is 9.98. The predicted octanol–water partition coefficient (Wildman–Crippen LogP) is 0.776. The van der Waals surface area contributed by atoms with Gasteiger partial charge in [0.25, 0.3) is 0 Å². The van der Waals surface area contributed by atoms with Crippen LogP contribution in [0.3, 0.4) is 0 Å². The van der Waals surface area contributed by atoms with Crippen molar-refractivity contribution in [1.82, 2.24) is 14.8 Å². The first-order valence-corrected chi connectivity index (χ1v) is 7.36. The molecule has 1 aromatic heterocycles. The number of carbonyl (C=O) groups excluding carboxylic acids is 1. The minimum Gasteiger partial charge on any atom is -0.337 e. The minimum atomic E-state index is 0.0443. The lowest BCUT2D eigenvalue weighted by Crippen LogP contribution is -2.54. The van der Waals surface area contributed by atoms with Crippen LogP contribution in [0.2, 0.25) is 0 Å². The Kier molecular flexibility index (Phi) is 3.72. The van der Waals surface area contributed by atoms with E-state index in [0.29, 0.717) is 18.4 Å². The molecule has 2 fully saturated rings. The number of amides is 1. The highest BCUT2D eigenvalue weighted by atomic mass is 16.2. The van der Waals surface area contributed by atoms with Crippen molar-refractivity contribution in [3.8, 4) is 0 Å². The summed E-state index contributed by atoms with van der Waals surface area (Å²) in [6, 6.07) is 4.64. The van der Waals surface area contributed by atoms with Crippen LogP contribution in [0.25, 0.3) is 0 Å². The molecule has 3 atom stereocenters. The van der Waals surface area contributed by atoms with Gasteiger partial charge in [0.15, 0.2) is 0 Å². The Hall–Kier alpha value is -1.46. The number of pyridine rings is 1. The van der Waals surface area contributed by atoms with Crippen LogP contribution < -0.4 is 5.73 Å². The second kappa shape index (κ2) is 5.50. The minimum absolute atomic E-state index is 0.0443. The van der Waals surface area contributed by atoms with Crippen molar-refractivity contribution in [2.24, 2.45) is 5.73 Å². The van der Waals surface area contributed by atoms with Crippen molar-refractivity contribution in [2.75, 3.05) is 19.6 Å². The molecular formula is C15H22N4O. The van der Waals surface area contributed by atoms with Crippen molar-refractivity contribution >= 4 is 5.91 Å². The van der Waals surface area contributed by atoms with Crippen LogP contribution in [-0.2, 0) is 4.79 Å². The fourth-order valence-corrected chi connectivity index (χ4v) is 3.54. The molecule has 0 spiro atoms. The van der Waals surface area contributed by atoms with E-state index in [2.05, 4.69) is 16.0 Å². The van der Waals surface area contributed by atoms with Crippen LogP contribution >= 0.6 is 0 Å². The van der Waals surface area contributed by atoms with E-state index in [1.54, 1.807) is 6.20 Å². The summed E-state index contributed by atoms with van der Waals surface area (Å²) in [6.45, 7) is 4.69. The molecule has 2 aliphatic rings. The molecule has 5 nitrogen and oxygen atoms in total. The number of hydrogen-bond acceptors (Lipinski definition) is 4. The molecule has 1 amide bonds. The van der Waals surface area contributed by atoms with Gasteiger partial charge in [0.2, 0.25) is 5.91 Å². The first-order valence-electron chi connectivity index (χ1n) is 7.36. The maximum absolute atomic E-state index is 11.8.